The maximum atomic E-state index is 13.5. The van der Waals surface area contributed by atoms with Gasteiger partial charge >= 0.3 is 33.2 Å². The smallest absolute Gasteiger partial charge is 0.430 e. The fraction of sp³-hybridized carbons (Fsp3) is 0.938. The molecule has 2 atom stereocenters. The number of rotatable bonds is 3. The number of ether oxygens (including phenoxy) is 1. The minimum atomic E-state index is -6.98. The Hall–Kier alpha value is -0.340. The summed E-state index contributed by atoms with van der Waals surface area (Å²) in [6.45, 7) is 0. The van der Waals surface area contributed by atoms with Gasteiger partial charge in [0.15, 0.2) is 0 Å². The van der Waals surface area contributed by atoms with E-state index in [9.17, 15) is 39.6 Å². The van der Waals surface area contributed by atoms with Gasteiger partial charge in [-0.2, -0.15) is 34.8 Å². The van der Waals surface area contributed by atoms with E-state index < -0.39 is 38.8 Å². The molecule has 0 radical (unpaired) electrons. The van der Waals surface area contributed by atoms with Crippen LogP contribution in [0.25, 0.3) is 0 Å². The second kappa shape index (κ2) is 6.60. The van der Waals surface area contributed by atoms with Gasteiger partial charge in [-0.3, -0.25) is 4.55 Å². The Morgan fingerprint density at radius 2 is 1.40 bits per heavy atom. The second-order valence-corrected chi connectivity index (χ2v) is 13.1. The summed E-state index contributed by atoms with van der Waals surface area (Å²) in [6.07, 6.45) is -11.6. The number of thioether (sulfide) groups is 2. The van der Waals surface area contributed by atoms with Gasteiger partial charge in [0.1, 0.15) is 5.60 Å². The molecule has 14 heteroatoms. The number of carbonyl (C=O) groups excluding carboxylic acids is 1. The molecule has 172 valence electrons. The first-order valence-electron chi connectivity index (χ1n) is 9.20. The van der Waals surface area contributed by atoms with Gasteiger partial charge in [-0.05, 0) is 49.9 Å². The van der Waals surface area contributed by atoms with E-state index in [1.165, 1.54) is 0 Å². The maximum absolute atomic E-state index is 13.5. The Morgan fingerprint density at radius 1 is 0.933 bits per heavy atom. The molecule has 0 aromatic rings. The minimum Gasteiger partial charge on any atom is -0.457 e. The molecule has 1 heterocycles. The van der Waals surface area contributed by atoms with Gasteiger partial charge in [-0.25, -0.2) is 4.79 Å². The fourth-order valence-electron chi connectivity index (χ4n) is 5.95. The SMILES string of the molecule is O=C(OC12CC3CC(C1)C1(SCCS1)C(C3)C2)C(C(F)(F)F)(C(F)(F)F)S(=O)(=O)O. The van der Waals surface area contributed by atoms with E-state index >= 15 is 0 Å². The van der Waals surface area contributed by atoms with Crippen molar-refractivity contribution < 1.29 is 48.8 Å². The monoisotopic (exact) mass is 500 g/mol. The van der Waals surface area contributed by atoms with Crippen LogP contribution in [0.4, 0.5) is 26.3 Å². The number of carbonyl (C=O) groups is 1. The zero-order chi connectivity index (χ0) is 22.4. The Kier molecular flexibility index (Phi) is 5.02. The third-order valence-corrected chi connectivity index (χ3v) is 12.2. The zero-order valence-electron chi connectivity index (χ0n) is 15.3. The van der Waals surface area contributed by atoms with Gasteiger partial charge in [0.05, 0.1) is 4.08 Å². The molecular weight excluding hydrogens is 482 g/mol. The normalized spacial score (nSPS) is 35.8. The third kappa shape index (κ3) is 2.95. The van der Waals surface area contributed by atoms with E-state index in [1.807, 2.05) is 0 Å². The molecule has 4 aliphatic carbocycles. The van der Waals surface area contributed by atoms with Crippen LogP contribution in [0, 0.1) is 17.8 Å². The summed E-state index contributed by atoms with van der Waals surface area (Å²) in [5.74, 6) is -1.35. The third-order valence-electron chi connectivity index (χ3n) is 6.79. The summed E-state index contributed by atoms with van der Waals surface area (Å²) < 4.78 is 111. The molecule has 0 aromatic heterocycles. The number of alkyl halides is 6. The quantitative estimate of drug-likeness (QED) is 0.356. The first kappa shape index (κ1) is 22.8. The van der Waals surface area contributed by atoms with E-state index in [0.717, 1.165) is 24.3 Å². The highest BCUT2D eigenvalue weighted by atomic mass is 32.2. The molecule has 0 aromatic carbocycles. The minimum absolute atomic E-state index is 0.0142. The fourth-order valence-corrected chi connectivity index (χ4v) is 10.6. The van der Waals surface area contributed by atoms with Crippen molar-refractivity contribution in [3.63, 3.8) is 0 Å². The van der Waals surface area contributed by atoms with Gasteiger partial charge < -0.3 is 4.74 Å². The molecule has 1 spiro atoms. The number of esters is 1. The Labute approximate surface area is 176 Å². The zero-order valence-corrected chi connectivity index (χ0v) is 17.7. The van der Waals surface area contributed by atoms with Crippen molar-refractivity contribution in [2.75, 3.05) is 11.5 Å². The molecule has 5 rings (SSSR count). The van der Waals surface area contributed by atoms with E-state index in [2.05, 4.69) is 0 Å². The topological polar surface area (TPSA) is 80.7 Å². The highest BCUT2D eigenvalue weighted by Crippen LogP contribution is 2.70. The summed E-state index contributed by atoms with van der Waals surface area (Å²) in [7, 11) is -6.98. The molecule has 1 N–H and O–H groups in total. The first-order chi connectivity index (χ1) is 13.6. The Bertz CT molecular complexity index is 816. The second-order valence-electron chi connectivity index (χ2n) is 8.49. The van der Waals surface area contributed by atoms with Gasteiger partial charge in [-0.15, -0.1) is 23.5 Å². The van der Waals surface area contributed by atoms with Gasteiger partial charge in [0.25, 0.3) is 0 Å². The average molecular weight is 501 g/mol. The molecule has 5 fully saturated rings. The molecule has 1 aliphatic heterocycles. The summed E-state index contributed by atoms with van der Waals surface area (Å²) in [4.78, 5) is 12.4. The van der Waals surface area contributed by atoms with Gasteiger partial charge in [-0.1, -0.05) is 0 Å². The Morgan fingerprint density at radius 3 is 1.80 bits per heavy atom. The van der Waals surface area contributed by atoms with Crippen molar-refractivity contribution in [3.05, 3.63) is 0 Å². The van der Waals surface area contributed by atoms with Crippen molar-refractivity contribution in [3.8, 4) is 0 Å². The summed E-state index contributed by atoms with van der Waals surface area (Å²) in [6, 6.07) is 0. The van der Waals surface area contributed by atoms with Crippen LogP contribution in [0.2, 0.25) is 0 Å². The Balaban J connectivity index is 1.71. The number of hydrogen-bond donors (Lipinski definition) is 1. The van der Waals surface area contributed by atoms with Crippen molar-refractivity contribution in [1.29, 1.82) is 0 Å². The highest BCUT2D eigenvalue weighted by molar-refractivity contribution is 8.21. The van der Waals surface area contributed by atoms with E-state index in [0.29, 0.717) is 0 Å². The summed E-state index contributed by atoms with van der Waals surface area (Å²) in [5, 5.41) is 0. The predicted molar refractivity (Wildman–Crippen MR) is 96.4 cm³/mol. The van der Waals surface area contributed by atoms with Gasteiger partial charge in [0, 0.05) is 11.5 Å². The van der Waals surface area contributed by atoms with E-state index in [1.54, 1.807) is 23.5 Å². The average Bonchev–Trinajstić information content (AvgIpc) is 2.98. The molecule has 4 bridgehead atoms. The largest absolute Gasteiger partial charge is 0.457 e. The van der Waals surface area contributed by atoms with E-state index in [-0.39, 0.29) is 41.1 Å². The standard InChI is InChI=1S/C16H18F6O5S3/c17-15(18,19)14(16(20,21)22,30(24,25)26)11(23)27-12-5-8-3-9(6-12)13(10(4-8)7-12)28-1-2-29-13/h8-10H,1-7H2,(H,24,25,26). The van der Waals surface area contributed by atoms with Crippen LogP contribution >= 0.6 is 23.5 Å². The van der Waals surface area contributed by atoms with Crippen LogP contribution < -0.4 is 0 Å². The van der Waals surface area contributed by atoms with Crippen LogP contribution in [0.5, 0.6) is 0 Å². The lowest BCUT2D eigenvalue weighted by atomic mass is 9.53. The van der Waals surface area contributed by atoms with Crippen LogP contribution in [0.3, 0.4) is 0 Å². The molecule has 5 aliphatic rings. The molecule has 4 saturated carbocycles. The van der Waals surface area contributed by atoms with Crippen molar-refractivity contribution in [2.24, 2.45) is 17.8 Å². The van der Waals surface area contributed by atoms with Crippen molar-refractivity contribution in [2.45, 2.75) is 58.9 Å². The van der Waals surface area contributed by atoms with E-state index in [4.69, 9.17) is 9.29 Å². The molecule has 1 saturated heterocycles. The summed E-state index contributed by atoms with van der Waals surface area (Å²) >= 11 is 3.49. The van der Waals surface area contributed by atoms with Crippen LogP contribution in [-0.4, -0.2) is 57.2 Å². The first-order valence-corrected chi connectivity index (χ1v) is 12.6. The lowest BCUT2D eigenvalue weighted by molar-refractivity contribution is -0.276. The van der Waals surface area contributed by atoms with Crippen LogP contribution in [0.15, 0.2) is 0 Å². The predicted octanol–water partition coefficient (Wildman–Crippen LogP) is 4.04. The summed E-state index contributed by atoms with van der Waals surface area (Å²) in [5.41, 5.74) is -1.59. The van der Waals surface area contributed by atoms with Crippen LogP contribution in [0.1, 0.15) is 32.1 Å². The van der Waals surface area contributed by atoms with Crippen molar-refractivity contribution in [1.82, 2.24) is 0 Å². The molecular formula is C16H18F6O5S3. The lowest BCUT2D eigenvalue weighted by Gasteiger charge is -2.63. The molecule has 0 amide bonds. The number of hydrogen-bond acceptors (Lipinski definition) is 6. The molecule has 2 unspecified atom stereocenters. The number of halogens is 6. The lowest BCUT2D eigenvalue weighted by Crippen LogP contribution is -2.70. The maximum Gasteiger partial charge on any atom is 0.430 e. The molecule has 5 nitrogen and oxygen atoms in total. The van der Waals surface area contributed by atoms with Crippen LogP contribution in [-0.2, 0) is 19.6 Å². The highest BCUT2D eigenvalue weighted by Gasteiger charge is 2.85. The molecule has 30 heavy (non-hydrogen) atoms. The van der Waals surface area contributed by atoms with Crippen molar-refractivity contribution >= 4 is 39.6 Å². The van der Waals surface area contributed by atoms with Gasteiger partial charge in [0.2, 0.25) is 0 Å².